The van der Waals surface area contributed by atoms with Gasteiger partial charge in [0.05, 0.1) is 21.0 Å². The number of aromatic amines is 1. The zero-order valence-electron chi connectivity index (χ0n) is 18.4. The van der Waals surface area contributed by atoms with Crippen LogP contribution < -0.4 is 4.74 Å². The average Bonchev–Trinajstić information content (AvgIpc) is 3.49. The number of ether oxygens (including phenoxy) is 1. The first-order chi connectivity index (χ1) is 16.2. The Hall–Kier alpha value is -2.91. The van der Waals surface area contributed by atoms with Crippen LogP contribution in [0.15, 0.2) is 53.7 Å². The Balaban J connectivity index is 1.14. The van der Waals surface area contributed by atoms with Gasteiger partial charge in [-0.3, -0.25) is 9.89 Å². The Morgan fingerprint density at radius 1 is 1.21 bits per heavy atom. The minimum absolute atomic E-state index is 0.119. The predicted molar refractivity (Wildman–Crippen MR) is 131 cm³/mol. The number of hydrogen-bond donors (Lipinski definition) is 1. The number of amides is 1. The molecule has 33 heavy (non-hydrogen) atoms. The van der Waals surface area contributed by atoms with Crippen LogP contribution in [0.3, 0.4) is 0 Å². The Labute approximate surface area is 200 Å². The number of benzene rings is 2. The van der Waals surface area contributed by atoms with Crippen molar-refractivity contribution in [2.24, 2.45) is 0 Å². The molecule has 2 aromatic heterocycles. The number of H-pyrrole nitrogens is 1. The third-order valence-corrected chi connectivity index (χ3v) is 7.76. The number of fused-ring (bicyclic) bond motifs is 1. The summed E-state index contributed by atoms with van der Waals surface area (Å²) < 4.78 is 7.02. The summed E-state index contributed by atoms with van der Waals surface area (Å²) >= 11 is 3.10. The zero-order chi connectivity index (χ0) is 22.6. The quantitative estimate of drug-likeness (QED) is 0.383. The van der Waals surface area contributed by atoms with Gasteiger partial charge < -0.3 is 9.64 Å². The van der Waals surface area contributed by atoms with Crippen LogP contribution in [0.25, 0.3) is 10.2 Å². The number of thioether (sulfide) groups is 1. The summed E-state index contributed by atoms with van der Waals surface area (Å²) in [7, 11) is 0. The van der Waals surface area contributed by atoms with E-state index in [-0.39, 0.29) is 5.91 Å². The molecular formula is C24H25N5O2S2. The second-order valence-electron chi connectivity index (χ2n) is 8.11. The molecule has 1 saturated heterocycles. The number of carbonyl (C=O) groups is 1. The molecule has 0 radical (unpaired) electrons. The van der Waals surface area contributed by atoms with Gasteiger partial charge >= 0.3 is 0 Å². The summed E-state index contributed by atoms with van der Waals surface area (Å²) in [4.78, 5) is 24.1. The number of carbonyl (C=O) groups excluding carboxylic acids is 1. The fourth-order valence-electron chi connectivity index (χ4n) is 3.96. The van der Waals surface area contributed by atoms with Crippen molar-refractivity contribution in [3.05, 3.63) is 64.9 Å². The van der Waals surface area contributed by atoms with Gasteiger partial charge in [0.1, 0.15) is 12.4 Å². The van der Waals surface area contributed by atoms with Crippen molar-refractivity contribution in [3.8, 4) is 5.75 Å². The largest absolute Gasteiger partial charge is 0.485 e. The molecule has 9 heteroatoms. The average molecular weight is 480 g/mol. The van der Waals surface area contributed by atoms with Gasteiger partial charge in [0.15, 0.2) is 5.82 Å². The summed E-state index contributed by atoms with van der Waals surface area (Å²) in [6, 6.07) is 16.1. The molecule has 5 rings (SSSR count). The summed E-state index contributed by atoms with van der Waals surface area (Å²) in [6.07, 6.45) is 2.07. The van der Waals surface area contributed by atoms with Gasteiger partial charge in [-0.25, -0.2) is 9.97 Å². The topological polar surface area (TPSA) is 84.0 Å². The Bertz CT molecular complexity index is 1220. The third-order valence-electron chi connectivity index (χ3n) is 5.73. The van der Waals surface area contributed by atoms with Crippen LogP contribution in [-0.2, 0) is 11.4 Å². The van der Waals surface area contributed by atoms with E-state index >= 15 is 0 Å². The van der Waals surface area contributed by atoms with E-state index in [1.165, 1.54) is 16.5 Å². The number of para-hydroxylation sites is 2. The molecule has 2 aromatic carbocycles. The normalized spacial score (nSPS) is 16.3. The Kier molecular flexibility index (Phi) is 6.59. The fourth-order valence-corrected chi connectivity index (χ4v) is 5.77. The first-order valence-corrected chi connectivity index (χ1v) is 12.8. The van der Waals surface area contributed by atoms with Gasteiger partial charge in [-0.15, -0.1) is 16.4 Å². The lowest BCUT2D eigenvalue weighted by molar-refractivity contribution is -0.129. The minimum Gasteiger partial charge on any atom is -0.485 e. The van der Waals surface area contributed by atoms with Crippen molar-refractivity contribution < 1.29 is 9.53 Å². The number of aromatic nitrogens is 4. The number of thiazole rings is 1. The highest BCUT2D eigenvalue weighted by molar-refractivity contribution is 7.99. The molecule has 3 heterocycles. The molecule has 0 unspecified atom stereocenters. The highest BCUT2D eigenvalue weighted by Crippen LogP contribution is 2.33. The maximum Gasteiger partial charge on any atom is 0.233 e. The zero-order valence-corrected chi connectivity index (χ0v) is 20.0. The Morgan fingerprint density at radius 2 is 2.06 bits per heavy atom. The van der Waals surface area contributed by atoms with E-state index in [4.69, 9.17) is 9.72 Å². The smallest absolute Gasteiger partial charge is 0.233 e. The number of nitrogens with zero attached hydrogens (tertiary/aromatic N) is 4. The molecular weight excluding hydrogens is 454 g/mol. The van der Waals surface area contributed by atoms with E-state index in [9.17, 15) is 4.79 Å². The van der Waals surface area contributed by atoms with Crippen LogP contribution in [0.4, 0.5) is 0 Å². The maximum absolute atomic E-state index is 12.9. The van der Waals surface area contributed by atoms with Gasteiger partial charge in [-0.2, -0.15) is 0 Å². The number of rotatable bonds is 7. The highest BCUT2D eigenvalue weighted by atomic mass is 32.2. The highest BCUT2D eigenvalue weighted by Gasteiger charge is 2.27. The van der Waals surface area contributed by atoms with E-state index in [0.717, 1.165) is 47.8 Å². The first kappa shape index (κ1) is 21.9. The SMILES string of the molecule is Cc1ccccc1OCc1nc(SCC(=O)N2CCC[C@@H](c3nc4ccccc4s3)C2)n[nH]1. The second kappa shape index (κ2) is 9.93. The van der Waals surface area contributed by atoms with E-state index in [1.54, 1.807) is 11.3 Å². The van der Waals surface area contributed by atoms with Crippen LogP contribution in [0.1, 0.15) is 35.2 Å². The van der Waals surface area contributed by atoms with Crippen molar-refractivity contribution >= 4 is 39.2 Å². The number of piperidine rings is 1. The summed E-state index contributed by atoms with van der Waals surface area (Å²) in [6.45, 7) is 3.83. The van der Waals surface area contributed by atoms with Crippen molar-refractivity contribution in [1.82, 2.24) is 25.1 Å². The van der Waals surface area contributed by atoms with Crippen molar-refractivity contribution in [3.63, 3.8) is 0 Å². The molecule has 1 aliphatic heterocycles. The lowest BCUT2D eigenvalue weighted by Gasteiger charge is -2.31. The molecule has 0 saturated carbocycles. The predicted octanol–water partition coefficient (Wildman–Crippen LogP) is 4.80. The van der Waals surface area contributed by atoms with Crippen molar-refractivity contribution in [2.45, 2.75) is 37.4 Å². The molecule has 0 aliphatic carbocycles. The molecule has 170 valence electrons. The summed E-state index contributed by atoms with van der Waals surface area (Å²) in [5.74, 6) is 2.21. The first-order valence-electron chi connectivity index (χ1n) is 11.0. The maximum atomic E-state index is 12.9. The number of likely N-dealkylation sites (tertiary alicyclic amines) is 1. The number of nitrogens with one attached hydrogen (secondary N) is 1. The molecule has 0 spiro atoms. The third kappa shape index (κ3) is 5.20. The molecule has 0 bridgehead atoms. The lowest BCUT2D eigenvalue weighted by atomic mass is 9.99. The van der Waals surface area contributed by atoms with Gasteiger partial charge in [-0.1, -0.05) is 42.1 Å². The summed E-state index contributed by atoms with van der Waals surface area (Å²) in [5.41, 5.74) is 2.12. The minimum atomic E-state index is 0.119. The summed E-state index contributed by atoms with van der Waals surface area (Å²) in [5, 5.41) is 8.82. The molecule has 1 fully saturated rings. The molecule has 1 aliphatic rings. The second-order valence-corrected chi connectivity index (χ2v) is 10.1. The molecule has 4 aromatic rings. The molecule has 1 atom stereocenters. The number of hydrogen-bond acceptors (Lipinski definition) is 7. The van der Waals surface area contributed by atoms with Gasteiger partial charge in [0, 0.05) is 19.0 Å². The van der Waals surface area contributed by atoms with E-state index in [0.29, 0.717) is 29.3 Å². The van der Waals surface area contributed by atoms with Crippen LogP contribution in [0, 0.1) is 6.92 Å². The van der Waals surface area contributed by atoms with Gasteiger partial charge in [0.25, 0.3) is 0 Å². The van der Waals surface area contributed by atoms with Crippen LogP contribution in [0.5, 0.6) is 5.75 Å². The monoisotopic (exact) mass is 479 g/mol. The fraction of sp³-hybridized carbons (Fsp3) is 0.333. The van der Waals surface area contributed by atoms with E-state index in [2.05, 4.69) is 27.3 Å². The van der Waals surface area contributed by atoms with Crippen LogP contribution in [-0.4, -0.2) is 49.8 Å². The van der Waals surface area contributed by atoms with Gasteiger partial charge in [-0.05, 0) is 43.5 Å². The molecule has 7 nitrogen and oxygen atoms in total. The lowest BCUT2D eigenvalue weighted by Crippen LogP contribution is -2.40. The van der Waals surface area contributed by atoms with Crippen LogP contribution >= 0.6 is 23.1 Å². The van der Waals surface area contributed by atoms with E-state index < -0.39 is 0 Å². The van der Waals surface area contributed by atoms with Gasteiger partial charge in [0.2, 0.25) is 11.1 Å². The molecule has 1 amide bonds. The molecule has 1 N–H and O–H groups in total. The van der Waals surface area contributed by atoms with E-state index in [1.807, 2.05) is 48.2 Å². The Morgan fingerprint density at radius 3 is 2.94 bits per heavy atom. The van der Waals surface area contributed by atoms with Crippen molar-refractivity contribution in [2.75, 3.05) is 18.8 Å². The number of aryl methyl sites for hydroxylation is 1. The standard InChI is InChI=1S/C24H25N5O2S2/c1-16-7-2-4-10-19(16)31-14-21-26-24(28-27-21)32-15-22(30)29-12-6-8-17(13-29)23-25-18-9-3-5-11-20(18)33-23/h2-5,7,9-11,17H,6,8,12-15H2,1H3,(H,26,27,28)/t17-/m1/s1. The van der Waals surface area contributed by atoms with Crippen molar-refractivity contribution in [1.29, 1.82) is 0 Å². The van der Waals surface area contributed by atoms with Crippen LogP contribution in [0.2, 0.25) is 0 Å².